The van der Waals surface area contributed by atoms with Crippen LogP contribution < -0.4 is 0 Å². The molecule has 0 N–H and O–H groups in total. The van der Waals surface area contributed by atoms with Gasteiger partial charge in [0, 0.05) is 0 Å². The average molecular weight is 150 g/mol. The molecule has 1 aromatic heterocycles. The van der Waals surface area contributed by atoms with Gasteiger partial charge >= 0.3 is 6.18 Å². The van der Waals surface area contributed by atoms with Crippen LogP contribution in [0.25, 0.3) is 0 Å². The fourth-order valence-corrected chi connectivity index (χ4v) is 0.380. The lowest BCUT2D eigenvalue weighted by Gasteiger charge is -2.00. The van der Waals surface area contributed by atoms with Gasteiger partial charge in [-0.25, -0.2) is 4.68 Å². The molecule has 4 nitrogen and oxygen atoms in total. The second kappa shape index (κ2) is 1.93. The maximum absolute atomic E-state index is 11.6. The molecule has 0 atom stereocenters. The number of hydrogen-bond acceptors (Lipinski definition) is 3. The Balaban J connectivity index is 3.05. The van der Waals surface area contributed by atoms with Crippen molar-refractivity contribution >= 4 is 0 Å². The largest absolute Gasteiger partial charge is 0.453 e. The third-order valence-corrected chi connectivity index (χ3v) is 0.746. The van der Waals surface area contributed by atoms with Crippen molar-refractivity contribution in [1.29, 1.82) is 0 Å². The summed E-state index contributed by atoms with van der Waals surface area (Å²) in [7, 11) is 4.69. The zero-order valence-electron chi connectivity index (χ0n) is 4.50. The highest BCUT2D eigenvalue weighted by atomic mass is 19.4. The summed E-state index contributed by atoms with van der Waals surface area (Å²) < 4.78 is 35.0. The lowest BCUT2D eigenvalue weighted by atomic mass is 10.6. The summed E-state index contributed by atoms with van der Waals surface area (Å²) in [5.41, 5.74) is 0. The van der Waals surface area contributed by atoms with Crippen LogP contribution in [0.15, 0.2) is 0 Å². The number of aromatic nitrogens is 4. The van der Waals surface area contributed by atoms with Gasteiger partial charge in [0.05, 0.1) is 0 Å². The smallest absolute Gasteiger partial charge is 0.214 e. The Morgan fingerprint density at radius 1 is 1.40 bits per heavy atom. The topological polar surface area (TPSA) is 43.6 Å². The van der Waals surface area contributed by atoms with Gasteiger partial charge in [-0.15, -0.1) is 5.10 Å². The average Bonchev–Trinajstić information content (AvgIpc) is 2.11. The summed E-state index contributed by atoms with van der Waals surface area (Å²) in [5, 5.41) is 8.14. The minimum Gasteiger partial charge on any atom is -0.214 e. The summed E-state index contributed by atoms with van der Waals surface area (Å²) in [6, 6.07) is 0. The van der Waals surface area contributed by atoms with Crippen LogP contribution in [0.1, 0.15) is 5.82 Å². The van der Waals surface area contributed by atoms with Crippen LogP contribution in [0.3, 0.4) is 0 Å². The Hall–Kier alpha value is -1.14. The highest BCUT2D eigenvalue weighted by Gasteiger charge is 2.37. The molecule has 0 bridgehead atoms. The zero-order valence-corrected chi connectivity index (χ0v) is 4.50. The van der Waals surface area contributed by atoms with E-state index in [9.17, 15) is 13.2 Å². The fraction of sp³-hybridized carbons (Fsp3) is 0.333. The first-order chi connectivity index (χ1) is 4.52. The fourth-order valence-electron chi connectivity index (χ4n) is 0.380. The lowest BCUT2D eigenvalue weighted by Crippen LogP contribution is -2.12. The van der Waals surface area contributed by atoms with Gasteiger partial charge in [-0.1, -0.05) is 0 Å². The second-order valence-corrected chi connectivity index (χ2v) is 1.44. The van der Waals surface area contributed by atoms with Crippen molar-refractivity contribution in [3.63, 3.8) is 0 Å². The van der Waals surface area contributed by atoms with Crippen molar-refractivity contribution in [1.82, 2.24) is 20.2 Å². The first-order valence-electron chi connectivity index (χ1n) is 2.12. The molecule has 2 radical (unpaired) electrons. The quantitative estimate of drug-likeness (QED) is 0.530. The van der Waals surface area contributed by atoms with E-state index in [-0.39, 0.29) is 4.68 Å². The first kappa shape index (κ1) is 6.97. The molecule has 10 heavy (non-hydrogen) atoms. The third-order valence-electron chi connectivity index (χ3n) is 0.746. The summed E-state index contributed by atoms with van der Waals surface area (Å²) in [6.07, 6.45) is -4.59. The van der Waals surface area contributed by atoms with Crippen LogP contribution in [-0.4, -0.2) is 20.2 Å². The molecular formula is C3HF3N4. The summed E-state index contributed by atoms with van der Waals surface area (Å²) in [4.78, 5) is 0. The van der Waals surface area contributed by atoms with E-state index in [0.29, 0.717) is 0 Å². The van der Waals surface area contributed by atoms with E-state index in [4.69, 9.17) is 0 Å². The van der Waals surface area contributed by atoms with Crippen LogP contribution in [-0.2, 0) is 6.18 Å². The Morgan fingerprint density at radius 2 is 2.00 bits per heavy atom. The Bertz CT molecular complexity index is 226. The Morgan fingerprint density at radius 3 is 2.20 bits per heavy atom. The van der Waals surface area contributed by atoms with Gasteiger partial charge in [-0.3, -0.25) is 0 Å². The van der Waals surface area contributed by atoms with Gasteiger partial charge in [-0.05, 0) is 10.4 Å². The molecule has 1 rings (SSSR count). The molecule has 0 spiro atoms. The van der Waals surface area contributed by atoms with Crippen LogP contribution in [0.4, 0.5) is 13.2 Å². The van der Waals surface area contributed by atoms with Crippen molar-refractivity contribution in [2.75, 3.05) is 0 Å². The molecule has 0 unspecified atom stereocenters. The van der Waals surface area contributed by atoms with Crippen molar-refractivity contribution < 1.29 is 13.2 Å². The molecule has 0 aliphatic rings. The van der Waals surface area contributed by atoms with E-state index in [2.05, 4.69) is 22.6 Å². The molecular weight excluding hydrogens is 149 g/mol. The standard InChI is InChI=1S/C3HF3N4/c1-10-2(3(4,5)6)7-8-9-10/h1H. The summed E-state index contributed by atoms with van der Waals surface area (Å²) in [6.45, 7) is 0. The minimum atomic E-state index is -4.59. The van der Waals surface area contributed by atoms with E-state index in [0.717, 1.165) is 0 Å². The summed E-state index contributed by atoms with van der Waals surface area (Å²) in [5.74, 6) is -1.31. The van der Waals surface area contributed by atoms with Gasteiger partial charge in [0.2, 0.25) is 0 Å². The van der Waals surface area contributed by atoms with Crippen molar-refractivity contribution in [2.24, 2.45) is 0 Å². The Labute approximate surface area is 53.6 Å². The van der Waals surface area contributed by atoms with Crippen LogP contribution in [0, 0.1) is 7.05 Å². The number of nitrogens with zero attached hydrogens (tertiary/aromatic N) is 4. The van der Waals surface area contributed by atoms with Crippen LogP contribution in [0.2, 0.25) is 0 Å². The monoisotopic (exact) mass is 150 g/mol. The number of halogens is 3. The minimum absolute atomic E-state index is 0.0694. The molecule has 1 heterocycles. The molecule has 0 fully saturated rings. The molecule has 0 saturated heterocycles. The van der Waals surface area contributed by atoms with E-state index in [1.165, 1.54) is 0 Å². The maximum atomic E-state index is 11.6. The molecule has 0 amide bonds. The SMILES string of the molecule is [CH]n1nnnc1C(F)(F)F. The predicted molar refractivity (Wildman–Crippen MR) is 22.5 cm³/mol. The highest BCUT2D eigenvalue weighted by molar-refractivity contribution is 4.87. The zero-order chi connectivity index (χ0) is 7.78. The summed E-state index contributed by atoms with van der Waals surface area (Å²) >= 11 is 0. The van der Waals surface area contributed by atoms with Gasteiger partial charge in [0.15, 0.2) is 0 Å². The van der Waals surface area contributed by atoms with Gasteiger partial charge in [0.1, 0.15) is 7.05 Å². The molecule has 1 aromatic rings. The first-order valence-corrected chi connectivity index (χ1v) is 2.12. The molecule has 0 aliphatic carbocycles. The second-order valence-electron chi connectivity index (χ2n) is 1.44. The highest BCUT2D eigenvalue weighted by Crippen LogP contribution is 2.25. The predicted octanol–water partition coefficient (Wildman–Crippen LogP) is 0.209. The van der Waals surface area contributed by atoms with Crippen molar-refractivity contribution in [3.8, 4) is 0 Å². The van der Waals surface area contributed by atoms with Crippen LogP contribution >= 0.6 is 0 Å². The van der Waals surface area contributed by atoms with Gasteiger partial charge in [0.25, 0.3) is 5.82 Å². The normalized spacial score (nSPS) is 12.0. The van der Waals surface area contributed by atoms with Crippen LogP contribution in [0.5, 0.6) is 0 Å². The number of hydrogen-bond donors (Lipinski definition) is 0. The molecule has 0 aliphatic heterocycles. The van der Waals surface area contributed by atoms with Gasteiger partial charge in [-0.2, -0.15) is 13.2 Å². The number of tetrazole rings is 1. The van der Waals surface area contributed by atoms with Gasteiger partial charge < -0.3 is 0 Å². The molecule has 0 saturated carbocycles. The molecule has 54 valence electrons. The molecule has 7 heteroatoms. The third kappa shape index (κ3) is 1.07. The maximum Gasteiger partial charge on any atom is 0.453 e. The van der Waals surface area contributed by atoms with E-state index >= 15 is 0 Å². The lowest BCUT2D eigenvalue weighted by molar-refractivity contribution is -0.146. The molecule has 0 aromatic carbocycles. The number of alkyl halides is 3. The van der Waals surface area contributed by atoms with Crippen molar-refractivity contribution in [2.45, 2.75) is 6.18 Å². The number of rotatable bonds is 0. The van der Waals surface area contributed by atoms with E-state index in [1.807, 2.05) is 0 Å². The van der Waals surface area contributed by atoms with E-state index in [1.54, 1.807) is 0 Å². The van der Waals surface area contributed by atoms with Crippen molar-refractivity contribution in [3.05, 3.63) is 12.9 Å². The Kier molecular flexibility index (Phi) is 1.34. The van der Waals surface area contributed by atoms with E-state index < -0.39 is 12.0 Å².